The summed E-state index contributed by atoms with van der Waals surface area (Å²) in [6.45, 7) is 0.741. The lowest BCUT2D eigenvalue weighted by atomic mass is 10.1. The number of hydrogen-bond acceptors (Lipinski definition) is 4. The largest absolute Gasteiger partial charge is 0.390 e. The van der Waals surface area contributed by atoms with Crippen LogP contribution in [-0.2, 0) is 11.4 Å². The van der Waals surface area contributed by atoms with Gasteiger partial charge in [0.05, 0.1) is 18.3 Å². The van der Waals surface area contributed by atoms with E-state index >= 15 is 0 Å². The van der Waals surface area contributed by atoms with Gasteiger partial charge in [-0.3, -0.25) is 4.84 Å². The van der Waals surface area contributed by atoms with Gasteiger partial charge in [-0.2, -0.15) is 5.06 Å². The lowest BCUT2D eigenvalue weighted by molar-refractivity contribution is -0.194. The topological polar surface area (TPSA) is 52.9 Å². The zero-order valence-electron chi connectivity index (χ0n) is 10.3. The van der Waals surface area contributed by atoms with Crippen LogP contribution in [0.4, 0.5) is 0 Å². The van der Waals surface area contributed by atoms with E-state index in [2.05, 4.69) is 12.1 Å². The fourth-order valence-electron chi connectivity index (χ4n) is 2.89. The van der Waals surface area contributed by atoms with E-state index in [1.807, 2.05) is 23.3 Å². The number of benzene rings is 1. The molecular weight excluding hydrogens is 230 g/mol. The Morgan fingerprint density at radius 2 is 1.78 bits per heavy atom. The maximum Gasteiger partial charge on any atom is 0.0834 e. The van der Waals surface area contributed by atoms with Gasteiger partial charge in [-0.05, 0) is 18.4 Å². The van der Waals surface area contributed by atoms with Gasteiger partial charge >= 0.3 is 0 Å². The maximum atomic E-state index is 9.83. The molecule has 1 aromatic carbocycles. The summed E-state index contributed by atoms with van der Waals surface area (Å²) in [5.74, 6) is 0. The highest BCUT2D eigenvalue weighted by molar-refractivity contribution is 5.14. The van der Waals surface area contributed by atoms with Crippen LogP contribution in [0, 0.1) is 0 Å². The highest BCUT2D eigenvalue weighted by atomic mass is 16.7. The third-order valence-corrected chi connectivity index (χ3v) is 3.87. The van der Waals surface area contributed by atoms with Gasteiger partial charge in [0.2, 0.25) is 0 Å². The second-order valence-electron chi connectivity index (χ2n) is 5.28. The third-order valence-electron chi connectivity index (χ3n) is 3.87. The van der Waals surface area contributed by atoms with Crippen LogP contribution in [0.1, 0.15) is 24.8 Å². The first-order valence-corrected chi connectivity index (χ1v) is 6.56. The minimum absolute atomic E-state index is 0.0471. The molecular formula is C14H19NO3. The predicted molar refractivity (Wildman–Crippen MR) is 66.5 cm³/mol. The molecule has 4 atom stereocenters. The van der Waals surface area contributed by atoms with Crippen molar-refractivity contribution in [1.82, 2.24) is 5.06 Å². The summed E-state index contributed by atoms with van der Waals surface area (Å²) in [6.07, 6.45) is 0.806. The molecule has 0 spiro atoms. The summed E-state index contributed by atoms with van der Waals surface area (Å²) in [6, 6.07) is 10.4. The first-order chi connectivity index (χ1) is 8.72. The van der Waals surface area contributed by atoms with E-state index in [0.29, 0.717) is 12.8 Å². The van der Waals surface area contributed by atoms with Crippen molar-refractivity contribution >= 4 is 0 Å². The zero-order valence-corrected chi connectivity index (χ0v) is 10.3. The van der Waals surface area contributed by atoms with Gasteiger partial charge in [0.1, 0.15) is 0 Å². The summed E-state index contributed by atoms with van der Waals surface area (Å²) in [7, 11) is 0. The summed E-state index contributed by atoms with van der Waals surface area (Å²) < 4.78 is 0. The molecule has 2 N–H and O–H groups in total. The fraction of sp³-hybridized carbons (Fsp3) is 0.571. The SMILES string of the molecule is O[C@H]1CC2CC(C[C@@H]1O)N(Cc1ccccc1)O2. The first-order valence-electron chi connectivity index (χ1n) is 6.56. The van der Waals surface area contributed by atoms with Crippen LogP contribution in [0.25, 0.3) is 0 Å². The van der Waals surface area contributed by atoms with Gasteiger partial charge in [-0.1, -0.05) is 30.3 Å². The first kappa shape index (κ1) is 12.1. The lowest BCUT2D eigenvalue weighted by Crippen LogP contribution is -2.37. The van der Waals surface area contributed by atoms with Crippen LogP contribution in [0.5, 0.6) is 0 Å². The number of aliphatic hydroxyl groups is 2. The van der Waals surface area contributed by atoms with E-state index in [-0.39, 0.29) is 12.1 Å². The van der Waals surface area contributed by atoms with Crippen molar-refractivity contribution in [2.24, 2.45) is 0 Å². The molecule has 2 aliphatic rings. The Bertz CT molecular complexity index is 397. The number of hydroxylamine groups is 2. The quantitative estimate of drug-likeness (QED) is 0.823. The van der Waals surface area contributed by atoms with Gasteiger partial charge in [-0.25, -0.2) is 0 Å². The van der Waals surface area contributed by atoms with E-state index in [0.717, 1.165) is 13.0 Å². The van der Waals surface area contributed by atoms with E-state index in [4.69, 9.17) is 4.84 Å². The second-order valence-corrected chi connectivity index (χ2v) is 5.28. The average Bonchev–Trinajstić information content (AvgIpc) is 2.65. The van der Waals surface area contributed by atoms with Crippen molar-refractivity contribution in [3.8, 4) is 0 Å². The van der Waals surface area contributed by atoms with Gasteiger partial charge < -0.3 is 10.2 Å². The monoisotopic (exact) mass is 249 g/mol. The molecule has 2 fully saturated rings. The molecule has 1 aliphatic carbocycles. The minimum atomic E-state index is -0.640. The van der Waals surface area contributed by atoms with Gasteiger partial charge in [-0.15, -0.1) is 0 Å². The van der Waals surface area contributed by atoms with Crippen LogP contribution in [0.3, 0.4) is 0 Å². The third kappa shape index (κ3) is 2.42. The van der Waals surface area contributed by atoms with E-state index < -0.39 is 12.2 Å². The van der Waals surface area contributed by atoms with Crippen LogP contribution in [0.2, 0.25) is 0 Å². The normalized spacial score (nSPS) is 36.6. The fourth-order valence-corrected chi connectivity index (χ4v) is 2.89. The lowest BCUT2D eigenvalue weighted by Gasteiger charge is -2.28. The summed E-state index contributed by atoms with van der Waals surface area (Å²) in [5, 5.41) is 21.5. The summed E-state index contributed by atoms with van der Waals surface area (Å²) in [4.78, 5) is 5.85. The molecule has 98 valence electrons. The van der Waals surface area contributed by atoms with Crippen LogP contribution < -0.4 is 0 Å². The molecule has 0 amide bonds. The highest BCUT2D eigenvalue weighted by Crippen LogP contribution is 2.33. The van der Waals surface area contributed by atoms with E-state index in [1.165, 1.54) is 5.56 Å². The molecule has 1 aromatic rings. The molecule has 18 heavy (non-hydrogen) atoms. The summed E-state index contributed by atoms with van der Waals surface area (Å²) in [5.41, 5.74) is 1.21. The van der Waals surface area contributed by atoms with Crippen molar-refractivity contribution in [3.63, 3.8) is 0 Å². The molecule has 1 saturated heterocycles. The van der Waals surface area contributed by atoms with E-state index in [1.54, 1.807) is 0 Å². The Hall–Kier alpha value is -0.940. The Labute approximate surface area is 107 Å². The second kappa shape index (κ2) is 4.97. The van der Waals surface area contributed by atoms with Crippen molar-refractivity contribution in [1.29, 1.82) is 0 Å². The Balaban J connectivity index is 1.69. The van der Waals surface area contributed by atoms with Crippen LogP contribution in [0.15, 0.2) is 30.3 Å². The standard InChI is InChI=1S/C14H19NO3/c16-13-7-11-6-12(8-14(13)17)18-15(11)9-10-4-2-1-3-5-10/h1-5,11-14,16-17H,6-9H2/t11?,12?,13-,14-/m0/s1. The predicted octanol–water partition coefficient (Wildman–Crippen LogP) is 1.08. The molecule has 2 unspecified atom stereocenters. The molecule has 4 heteroatoms. The number of fused-ring (bicyclic) bond motifs is 2. The van der Waals surface area contributed by atoms with Crippen molar-refractivity contribution in [2.45, 2.75) is 50.2 Å². The number of nitrogens with zero attached hydrogens (tertiary/aromatic N) is 1. The molecule has 1 saturated carbocycles. The minimum Gasteiger partial charge on any atom is -0.390 e. The molecule has 3 rings (SSSR count). The van der Waals surface area contributed by atoms with Gasteiger partial charge in [0.15, 0.2) is 0 Å². The van der Waals surface area contributed by atoms with Gasteiger partial charge in [0.25, 0.3) is 0 Å². The highest BCUT2D eigenvalue weighted by Gasteiger charge is 2.40. The molecule has 0 aromatic heterocycles. The average molecular weight is 249 g/mol. The van der Waals surface area contributed by atoms with Crippen LogP contribution >= 0.6 is 0 Å². The maximum absolute atomic E-state index is 9.83. The molecule has 1 heterocycles. The van der Waals surface area contributed by atoms with Crippen molar-refractivity contribution in [3.05, 3.63) is 35.9 Å². The van der Waals surface area contributed by atoms with Gasteiger partial charge in [0, 0.05) is 19.0 Å². The number of rotatable bonds is 2. The van der Waals surface area contributed by atoms with Crippen molar-refractivity contribution < 1.29 is 15.1 Å². The summed E-state index contributed by atoms with van der Waals surface area (Å²) >= 11 is 0. The smallest absolute Gasteiger partial charge is 0.0834 e. The molecule has 0 radical (unpaired) electrons. The Morgan fingerprint density at radius 3 is 2.56 bits per heavy atom. The van der Waals surface area contributed by atoms with Crippen LogP contribution in [-0.4, -0.2) is 39.6 Å². The molecule has 1 aliphatic heterocycles. The Kier molecular flexibility index (Phi) is 3.35. The molecule has 4 nitrogen and oxygen atoms in total. The zero-order chi connectivity index (χ0) is 12.5. The van der Waals surface area contributed by atoms with Crippen molar-refractivity contribution in [2.75, 3.05) is 0 Å². The van der Waals surface area contributed by atoms with E-state index in [9.17, 15) is 10.2 Å². The number of aliphatic hydroxyl groups excluding tert-OH is 2. The Morgan fingerprint density at radius 1 is 1.06 bits per heavy atom. The molecule has 2 bridgehead atoms. The number of hydrogen-bond donors (Lipinski definition) is 2.